The normalized spacial score (nSPS) is 18.8. The van der Waals surface area contributed by atoms with Crippen molar-refractivity contribution in [3.05, 3.63) is 34.9 Å². The largest absolute Gasteiger partial charge is 0.310 e. The highest BCUT2D eigenvalue weighted by atomic mass is 32.2. The van der Waals surface area contributed by atoms with Crippen molar-refractivity contribution in [1.29, 1.82) is 0 Å². The first-order chi connectivity index (χ1) is 7.81. The second kappa shape index (κ2) is 5.74. The van der Waals surface area contributed by atoms with Crippen molar-refractivity contribution < 1.29 is 0 Å². The molecule has 0 saturated heterocycles. The second-order valence-corrected chi connectivity index (χ2v) is 5.58. The van der Waals surface area contributed by atoms with Crippen LogP contribution in [0.4, 0.5) is 0 Å². The molecule has 1 aliphatic rings. The molecule has 0 bridgehead atoms. The minimum atomic E-state index is 0.608. The molecule has 0 aromatic heterocycles. The van der Waals surface area contributed by atoms with Crippen molar-refractivity contribution in [2.75, 3.05) is 18.6 Å². The summed E-state index contributed by atoms with van der Waals surface area (Å²) in [5, 5.41) is 3.69. The fourth-order valence-electron chi connectivity index (χ4n) is 2.43. The molecule has 0 fully saturated rings. The van der Waals surface area contributed by atoms with Crippen LogP contribution in [-0.2, 0) is 6.42 Å². The molecule has 0 spiro atoms. The molecule has 1 nitrogen and oxygen atoms in total. The van der Waals surface area contributed by atoms with Gasteiger partial charge in [-0.2, -0.15) is 11.8 Å². The number of aryl methyl sites for hydroxylation is 2. The van der Waals surface area contributed by atoms with E-state index in [-0.39, 0.29) is 0 Å². The Labute approximate surface area is 103 Å². The first-order valence-electron chi connectivity index (χ1n) is 6.13. The second-order valence-electron chi connectivity index (χ2n) is 4.59. The van der Waals surface area contributed by atoms with E-state index >= 15 is 0 Å². The fourth-order valence-corrected chi connectivity index (χ4v) is 2.86. The average Bonchev–Trinajstić information content (AvgIpc) is 2.67. The lowest BCUT2D eigenvalue weighted by Crippen LogP contribution is -2.20. The van der Waals surface area contributed by atoms with Gasteiger partial charge < -0.3 is 5.32 Å². The van der Waals surface area contributed by atoms with Gasteiger partial charge in [0.05, 0.1) is 0 Å². The number of thioether (sulfide) groups is 1. The zero-order valence-corrected chi connectivity index (χ0v) is 11.1. The van der Waals surface area contributed by atoms with E-state index in [0.717, 1.165) is 6.54 Å². The molecule has 1 atom stereocenters. The lowest BCUT2D eigenvalue weighted by atomic mass is 10.1. The van der Waals surface area contributed by atoms with Crippen LogP contribution in [-0.4, -0.2) is 18.6 Å². The molecular formula is C14H21NS. The Morgan fingerprint density at radius 2 is 2.31 bits per heavy atom. The number of rotatable bonds is 5. The van der Waals surface area contributed by atoms with Crippen LogP contribution in [0.15, 0.2) is 18.2 Å². The lowest BCUT2D eigenvalue weighted by Gasteiger charge is -2.14. The first kappa shape index (κ1) is 12.0. The quantitative estimate of drug-likeness (QED) is 0.786. The summed E-state index contributed by atoms with van der Waals surface area (Å²) < 4.78 is 0. The van der Waals surface area contributed by atoms with E-state index in [4.69, 9.17) is 0 Å². The van der Waals surface area contributed by atoms with Crippen LogP contribution in [0.1, 0.15) is 35.6 Å². The third-order valence-electron chi connectivity index (χ3n) is 3.30. The monoisotopic (exact) mass is 235 g/mol. The molecule has 1 aromatic rings. The summed E-state index contributed by atoms with van der Waals surface area (Å²) in [4.78, 5) is 0. The molecule has 88 valence electrons. The predicted molar refractivity (Wildman–Crippen MR) is 73.2 cm³/mol. The van der Waals surface area contributed by atoms with Crippen molar-refractivity contribution in [1.82, 2.24) is 5.32 Å². The summed E-state index contributed by atoms with van der Waals surface area (Å²) in [7, 11) is 0. The van der Waals surface area contributed by atoms with Crippen LogP contribution in [0.5, 0.6) is 0 Å². The lowest BCUT2D eigenvalue weighted by molar-refractivity contribution is 0.530. The third kappa shape index (κ3) is 2.80. The average molecular weight is 235 g/mol. The Morgan fingerprint density at radius 3 is 3.12 bits per heavy atom. The Bertz CT molecular complexity index is 349. The zero-order chi connectivity index (χ0) is 11.4. The summed E-state index contributed by atoms with van der Waals surface area (Å²) in [6.45, 7) is 3.34. The Morgan fingerprint density at radius 1 is 1.44 bits per heavy atom. The fraction of sp³-hybridized carbons (Fsp3) is 0.571. The Kier molecular flexibility index (Phi) is 4.30. The molecule has 16 heavy (non-hydrogen) atoms. The van der Waals surface area contributed by atoms with Gasteiger partial charge in [-0.3, -0.25) is 0 Å². The number of hydrogen-bond acceptors (Lipinski definition) is 2. The maximum atomic E-state index is 3.69. The van der Waals surface area contributed by atoms with Gasteiger partial charge in [0.1, 0.15) is 0 Å². The van der Waals surface area contributed by atoms with Crippen molar-refractivity contribution in [3.63, 3.8) is 0 Å². The molecule has 2 heteroatoms. The van der Waals surface area contributed by atoms with E-state index in [1.807, 2.05) is 11.8 Å². The van der Waals surface area contributed by atoms with Crippen molar-refractivity contribution in [3.8, 4) is 0 Å². The van der Waals surface area contributed by atoms with Crippen LogP contribution in [0, 0.1) is 6.92 Å². The molecule has 1 aromatic carbocycles. The molecule has 0 heterocycles. The molecule has 2 rings (SSSR count). The SMILES string of the molecule is CSCCCNC1CCc2ccc(C)cc21. The third-order valence-corrected chi connectivity index (χ3v) is 3.99. The van der Waals surface area contributed by atoms with Gasteiger partial charge in [0.15, 0.2) is 0 Å². The summed E-state index contributed by atoms with van der Waals surface area (Å²) in [6, 6.07) is 7.49. The van der Waals surface area contributed by atoms with E-state index in [9.17, 15) is 0 Å². The summed E-state index contributed by atoms with van der Waals surface area (Å²) in [6.07, 6.45) is 5.97. The van der Waals surface area contributed by atoms with Crippen molar-refractivity contribution in [2.45, 2.75) is 32.2 Å². The molecule has 1 N–H and O–H groups in total. The maximum Gasteiger partial charge on any atom is 0.0326 e. The smallest absolute Gasteiger partial charge is 0.0326 e. The molecule has 0 aliphatic heterocycles. The molecule has 0 saturated carbocycles. The van der Waals surface area contributed by atoms with E-state index in [0.29, 0.717) is 6.04 Å². The minimum Gasteiger partial charge on any atom is -0.310 e. The summed E-state index contributed by atoms with van der Waals surface area (Å²) >= 11 is 1.93. The van der Waals surface area contributed by atoms with Crippen molar-refractivity contribution in [2.24, 2.45) is 0 Å². The number of benzene rings is 1. The molecule has 0 amide bonds. The van der Waals surface area contributed by atoms with Gasteiger partial charge in [0, 0.05) is 6.04 Å². The molecule has 1 aliphatic carbocycles. The van der Waals surface area contributed by atoms with E-state index in [1.165, 1.54) is 30.6 Å². The molecule has 1 unspecified atom stereocenters. The highest BCUT2D eigenvalue weighted by Gasteiger charge is 2.21. The van der Waals surface area contributed by atoms with E-state index in [1.54, 1.807) is 11.1 Å². The first-order valence-corrected chi connectivity index (χ1v) is 7.52. The predicted octanol–water partition coefficient (Wildman–Crippen LogP) is 3.33. The van der Waals surface area contributed by atoms with Gasteiger partial charge in [-0.25, -0.2) is 0 Å². The number of nitrogens with one attached hydrogen (secondary N) is 1. The van der Waals surface area contributed by atoms with Gasteiger partial charge in [-0.15, -0.1) is 0 Å². The van der Waals surface area contributed by atoms with Crippen LogP contribution >= 0.6 is 11.8 Å². The standard InChI is InChI=1S/C14H21NS/c1-11-4-5-12-6-7-14(13(12)10-11)15-8-3-9-16-2/h4-5,10,14-15H,3,6-9H2,1-2H3. The van der Waals surface area contributed by atoms with Gasteiger partial charge in [0.25, 0.3) is 0 Å². The number of hydrogen-bond donors (Lipinski definition) is 1. The van der Waals surface area contributed by atoms with Crippen molar-refractivity contribution >= 4 is 11.8 Å². The maximum absolute atomic E-state index is 3.69. The van der Waals surface area contributed by atoms with Gasteiger partial charge in [-0.05, 0) is 55.9 Å². The van der Waals surface area contributed by atoms with E-state index in [2.05, 4.69) is 36.7 Å². The van der Waals surface area contributed by atoms with Crippen LogP contribution in [0.3, 0.4) is 0 Å². The Balaban J connectivity index is 1.92. The van der Waals surface area contributed by atoms with Crippen LogP contribution < -0.4 is 5.32 Å². The van der Waals surface area contributed by atoms with E-state index < -0.39 is 0 Å². The zero-order valence-electron chi connectivity index (χ0n) is 10.3. The highest BCUT2D eigenvalue weighted by molar-refractivity contribution is 7.98. The summed E-state index contributed by atoms with van der Waals surface area (Å²) in [5.41, 5.74) is 4.48. The summed E-state index contributed by atoms with van der Waals surface area (Å²) in [5.74, 6) is 1.26. The van der Waals surface area contributed by atoms with Gasteiger partial charge in [0.2, 0.25) is 0 Å². The number of fused-ring (bicyclic) bond motifs is 1. The Hall–Kier alpha value is -0.470. The molecular weight excluding hydrogens is 214 g/mol. The highest BCUT2D eigenvalue weighted by Crippen LogP contribution is 2.31. The molecule has 0 radical (unpaired) electrons. The minimum absolute atomic E-state index is 0.608. The van der Waals surface area contributed by atoms with Crippen LogP contribution in [0.2, 0.25) is 0 Å². The van der Waals surface area contributed by atoms with Crippen LogP contribution in [0.25, 0.3) is 0 Å². The topological polar surface area (TPSA) is 12.0 Å². The van der Waals surface area contributed by atoms with Gasteiger partial charge in [-0.1, -0.05) is 23.8 Å². The van der Waals surface area contributed by atoms with Gasteiger partial charge >= 0.3 is 0 Å².